The Hall–Kier alpha value is -0.886. The minimum atomic E-state index is -1.21. The molecule has 2 atom stereocenters. The zero-order valence-corrected chi connectivity index (χ0v) is 21.6. The highest BCUT2D eigenvalue weighted by Crippen LogP contribution is 2.46. The van der Waals surface area contributed by atoms with Crippen LogP contribution in [0.1, 0.15) is 59.1 Å². The largest absolute Gasteiger partial charge is 0.542 e. The van der Waals surface area contributed by atoms with Crippen molar-refractivity contribution >= 4 is 18.1 Å². The van der Waals surface area contributed by atoms with Crippen molar-refractivity contribution in [2.24, 2.45) is 5.41 Å². The van der Waals surface area contributed by atoms with Crippen LogP contribution in [0.15, 0.2) is 30.9 Å². The van der Waals surface area contributed by atoms with Crippen LogP contribution in [-0.4, -0.2) is 29.3 Å². The predicted molar refractivity (Wildman–Crippen MR) is 124 cm³/mol. The summed E-state index contributed by atoms with van der Waals surface area (Å²) in [7, 11) is -2.04. The Morgan fingerprint density at radius 2 is 1.54 bits per heavy atom. The van der Waals surface area contributed by atoms with Crippen LogP contribution in [0.4, 0.5) is 0 Å². The lowest BCUT2D eigenvalue weighted by atomic mass is 9.72. The van der Waals surface area contributed by atoms with Crippen molar-refractivity contribution in [1.82, 2.24) is 0 Å². The molecule has 0 saturated carbocycles. The van der Waals surface area contributed by atoms with Gasteiger partial charge in [0.1, 0.15) is 11.4 Å². The molecule has 0 fully saturated rings. The second kappa shape index (κ2) is 9.29. The van der Waals surface area contributed by atoms with Crippen molar-refractivity contribution in [3.8, 4) is 5.75 Å². The molecule has 0 aliphatic heterocycles. The van der Waals surface area contributed by atoms with Crippen LogP contribution in [-0.2, 0) is 15.4 Å². The summed E-state index contributed by atoms with van der Waals surface area (Å²) >= 11 is 0. The number of hydrogen-bond donors (Lipinski definition) is 1. The minimum absolute atomic E-state index is 0.0969. The van der Waals surface area contributed by atoms with E-state index in [2.05, 4.69) is 80.4 Å². The van der Waals surface area contributed by atoms with E-state index in [-0.39, 0.29) is 16.9 Å². The topological polar surface area (TPSA) is 38.7 Å². The van der Waals surface area contributed by atoms with Gasteiger partial charge in [0.05, 0.1) is 6.10 Å². The Labute approximate surface area is 176 Å². The maximum absolute atomic E-state index is 12.2. The molecule has 2 radical (unpaired) electrons. The van der Waals surface area contributed by atoms with E-state index in [9.17, 15) is 5.11 Å². The molecule has 2 unspecified atom stereocenters. The molecule has 0 aliphatic carbocycles. The summed E-state index contributed by atoms with van der Waals surface area (Å²) in [4.78, 5) is 0. The zero-order chi connectivity index (χ0) is 21.9. The van der Waals surface area contributed by atoms with Crippen LogP contribution < -0.4 is 4.43 Å². The molecule has 1 aromatic carbocycles. The van der Waals surface area contributed by atoms with Gasteiger partial charge in [0.15, 0.2) is 0 Å². The lowest BCUT2D eigenvalue weighted by Gasteiger charge is -2.45. The highest BCUT2D eigenvalue weighted by molar-refractivity contribution is 6.49. The van der Waals surface area contributed by atoms with E-state index in [0.29, 0.717) is 6.42 Å². The smallest absolute Gasteiger partial charge is 0.274 e. The molecule has 0 spiro atoms. The molecule has 28 heavy (non-hydrogen) atoms. The Balaban J connectivity index is 3.82. The first-order valence-corrected chi connectivity index (χ1v) is 14.9. The highest BCUT2D eigenvalue weighted by Gasteiger charge is 2.47. The lowest BCUT2D eigenvalue weighted by molar-refractivity contribution is -0.113. The molecule has 5 heteroatoms. The normalized spacial score (nSPS) is 16.2. The van der Waals surface area contributed by atoms with Crippen LogP contribution in [0, 0.1) is 5.41 Å². The number of hydrogen-bond acceptors (Lipinski definition) is 3. The lowest BCUT2D eigenvalue weighted by Crippen LogP contribution is -2.50. The SMILES string of the molecule is C=CCC(O)(c1cccc(C(C)(C)C)c1O[Si](C)C)C(O[Si](C)C)C(C)(C)C. The van der Waals surface area contributed by atoms with Crippen molar-refractivity contribution in [1.29, 1.82) is 0 Å². The molecule has 0 bridgehead atoms. The Morgan fingerprint density at radius 3 is 1.93 bits per heavy atom. The molecule has 0 aromatic heterocycles. The van der Waals surface area contributed by atoms with Gasteiger partial charge in [-0.25, -0.2) is 0 Å². The van der Waals surface area contributed by atoms with Crippen molar-refractivity contribution in [3.63, 3.8) is 0 Å². The summed E-state index contributed by atoms with van der Waals surface area (Å²) in [5, 5.41) is 12.2. The summed E-state index contributed by atoms with van der Waals surface area (Å²) in [6, 6.07) is 6.14. The second-order valence-electron chi connectivity index (χ2n) is 10.1. The van der Waals surface area contributed by atoms with Crippen molar-refractivity contribution in [2.75, 3.05) is 0 Å². The molecular formula is C23H40O3Si2. The Bertz CT molecular complexity index is 657. The van der Waals surface area contributed by atoms with Gasteiger partial charge in [-0.1, -0.05) is 65.8 Å². The van der Waals surface area contributed by atoms with E-state index in [1.807, 2.05) is 12.1 Å². The Kier molecular flexibility index (Phi) is 8.34. The molecule has 0 amide bonds. The molecule has 0 saturated heterocycles. The van der Waals surface area contributed by atoms with Gasteiger partial charge in [-0.3, -0.25) is 0 Å². The van der Waals surface area contributed by atoms with Crippen LogP contribution in [0.5, 0.6) is 5.75 Å². The van der Waals surface area contributed by atoms with E-state index in [1.54, 1.807) is 6.08 Å². The zero-order valence-electron chi connectivity index (χ0n) is 19.6. The Morgan fingerprint density at radius 1 is 1.00 bits per heavy atom. The average molecular weight is 421 g/mol. The van der Waals surface area contributed by atoms with E-state index in [0.717, 1.165) is 16.9 Å². The summed E-state index contributed by atoms with van der Waals surface area (Å²) < 4.78 is 12.9. The quantitative estimate of drug-likeness (QED) is 0.410. The number of benzene rings is 1. The van der Waals surface area contributed by atoms with Gasteiger partial charge in [0.25, 0.3) is 9.04 Å². The average Bonchev–Trinajstić information content (AvgIpc) is 2.50. The first kappa shape index (κ1) is 25.2. The number of rotatable bonds is 8. The monoisotopic (exact) mass is 420 g/mol. The minimum Gasteiger partial charge on any atom is -0.542 e. The van der Waals surface area contributed by atoms with Crippen LogP contribution >= 0.6 is 0 Å². The van der Waals surface area contributed by atoms with Gasteiger partial charge < -0.3 is 14.0 Å². The third kappa shape index (κ3) is 6.05. The molecular weight excluding hydrogens is 380 g/mol. The summed E-state index contributed by atoms with van der Waals surface area (Å²) in [5.41, 5.74) is 0.371. The first-order valence-electron chi connectivity index (χ1n) is 10.1. The number of aliphatic hydroxyl groups is 1. The van der Waals surface area contributed by atoms with E-state index >= 15 is 0 Å². The fourth-order valence-electron chi connectivity index (χ4n) is 3.59. The fraction of sp³-hybridized carbons (Fsp3) is 0.652. The van der Waals surface area contributed by atoms with Crippen molar-refractivity contribution in [3.05, 3.63) is 42.0 Å². The van der Waals surface area contributed by atoms with Gasteiger partial charge in [-0.2, -0.15) is 0 Å². The summed E-state index contributed by atoms with van der Waals surface area (Å²) in [6.07, 6.45) is 1.82. The molecule has 3 nitrogen and oxygen atoms in total. The third-order valence-electron chi connectivity index (χ3n) is 4.63. The molecule has 1 N–H and O–H groups in total. The van der Waals surface area contributed by atoms with Crippen LogP contribution in [0.3, 0.4) is 0 Å². The van der Waals surface area contributed by atoms with Gasteiger partial charge in [-0.15, -0.1) is 6.58 Å². The van der Waals surface area contributed by atoms with Crippen molar-refractivity contribution in [2.45, 2.75) is 91.3 Å². The van der Waals surface area contributed by atoms with E-state index < -0.39 is 23.7 Å². The summed E-state index contributed by atoms with van der Waals surface area (Å²) in [6.45, 7) is 25.3. The molecule has 0 heterocycles. The molecule has 0 aliphatic rings. The maximum atomic E-state index is 12.2. The highest BCUT2D eigenvalue weighted by atomic mass is 28.3. The predicted octanol–water partition coefficient (Wildman–Crippen LogP) is 6.06. The standard InChI is InChI=1S/C23H40O3Si2/c1-12-16-23(24,20(22(5,6)7)26-28(10)11)18-15-13-14-17(21(2,3)4)19(18)25-27(8)9/h12-15,20,24H,1,16H2,2-11H3. The molecule has 158 valence electrons. The third-order valence-corrected chi connectivity index (χ3v) is 5.94. The van der Waals surface area contributed by atoms with Crippen LogP contribution in [0.2, 0.25) is 26.2 Å². The number of para-hydroxylation sites is 1. The van der Waals surface area contributed by atoms with Gasteiger partial charge >= 0.3 is 0 Å². The van der Waals surface area contributed by atoms with E-state index in [4.69, 9.17) is 8.85 Å². The van der Waals surface area contributed by atoms with Crippen molar-refractivity contribution < 1.29 is 14.0 Å². The fourth-order valence-corrected chi connectivity index (χ4v) is 5.24. The van der Waals surface area contributed by atoms with E-state index in [1.165, 1.54) is 0 Å². The maximum Gasteiger partial charge on any atom is 0.274 e. The molecule has 1 rings (SSSR count). The van der Waals surface area contributed by atoms with Gasteiger partial charge in [-0.05, 0) is 42.6 Å². The summed E-state index contributed by atoms with van der Waals surface area (Å²) in [5.74, 6) is 0.817. The van der Waals surface area contributed by atoms with Gasteiger partial charge in [0, 0.05) is 12.0 Å². The van der Waals surface area contributed by atoms with Crippen LogP contribution in [0.25, 0.3) is 0 Å². The first-order chi connectivity index (χ1) is 12.6. The van der Waals surface area contributed by atoms with Gasteiger partial charge in [0.2, 0.25) is 9.04 Å². The molecule has 1 aromatic rings. The second-order valence-corrected chi connectivity index (χ2v) is 14.2.